The van der Waals surface area contributed by atoms with Crippen LogP contribution < -0.4 is 5.32 Å². The molecule has 0 aromatic heterocycles. The molecule has 0 aliphatic heterocycles. The highest BCUT2D eigenvalue weighted by Gasteiger charge is 2.19. The van der Waals surface area contributed by atoms with Gasteiger partial charge in [0, 0.05) is 6.04 Å². The molecule has 1 aliphatic carbocycles. The number of nitrogens with one attached hydrogen (secondary N) is 1. The number of hydrogen-bond donors (Lipinski definition) is 2. The highest BCUT2D eigenvalue weighted by Crippen LogP contribution is 2.17. The first-order valence-electron chi connectivity index (χ1n) is 6.35. The van der Waals surface area contributed by atoms with Crippen LogP contribution in [0.1, 0.15) is 39.0 Å². The molecule has 0 aromatic carbocycles. The lowest BCUT2D eigenvalue weighted by Crippen LogP contribution is -2.43. The van der Waals surface area contributed by atoms with Gasteiger partial charge >= 0.3 is 5.97 Å². The van der Waals surface area contributed by atoms with Crippen molar-refractivity contribution in [2.24, 2.45) is 0 Å². The zero-order chi connectivity index (χ0) is 12.7. The summed E-state index contributed by atoms with van der Waals surface area (Å²) >= 11 is 0. The standard InChI is InChI=1S/C12H22N2O3/c1-2-7-14(9-12(16)17)8-11(15)13-10-5-3-4-6-10/h10H,2-9H2,1H3,(H,13,15)(H,16,17). The summed E-state index contributed by atoms with van der Waals surface area (Å²) in [5.74, 6) is -0.932. The van der Waals surface area contributed by atoms with E-state index in [9.17, 15) is 9.59 Å². The molecule has 2 N–H and O–H groups in total. The normalized spacial score (nSPS) is 16.4. The summed E-state index contributed by atoms with van der Waals surface area (Å²) in [6.45, 7) is 2.75. The molecule has 0 saturated heterocycles. The monoisotopic (exact) mass is 242 g/mol. The Hall–Kier alpha value is -1.10. The van der Waals surface area contributed by atoms with Crippen molar-refractivity contribution in [1.82, 2.24) is 10.2 Å². The van der Waals surface area contributed by atoms with Crippen LogP contribution in [0.25, 0.3) is 0 Å². The van der Waals surface area contributed by atoms with Crippen molar-refractivity contribution in [3.05, 3.63) is 0 Å². The van der Waals surface area contributed by atoms with Crippen molar-refractivity contribution in [2.75, 3.05) is 19.6 Å². The highest BCUT2D eigenvalue weighted by molar-refractivity contribution is 5.79. The van der Waals surface area contributed by atoms with E-state index in [0.717, 1.165) is 19.3 Å². The third kappa shape index (κ3) is 5.68. The van der Waals surface area contributed by atoms with Gasteiger partial charge in [0.25, 0.3) is 0 Å². The quantitative estimate of drug-likeness (QED) is 0.694. The number of carbonyl (C=O) groups excluding carboxylic acids is 1. The topological polar surface area (TPSA) is 69.6 Å². The molecule has 1 saturated carbocycles. The molecule has 0 heterocycles. The fourth-order valence-electron chi connectivity index (χ4n) is 2.27. The summed E-state index contributed by atoms with van der Waals surface area (Å²) in [4.78, 5) is 24.0. The summed E-state index contributed by atoms with van der Waals surface area (Å²) in [5, 5.41) is 11.7. The van der Waals surface area contributed by atoms with Gasteiger partial charge < -0.3 is 10.4 Å². The van der Waals surface area contributed by atoms with Crippen LogP contribution in [-0.2, 0) is 9.59 Å². The van der Waals surface area contributed by atoms with Gasteiger partial charge in [-0.25, -0.2) is 0 Å². The van der Waals surface area contributed by atoms with E-state index in [1.54, 1.807) is 4.90 Å². The van der Waals surface area contributed by atoms with E-state index < -0.39 is 5.97 Å². The maximum Gasteiger partial charge on any atom is 0.317 e. The lowest BCUT2D eigenvalue weighted by atomic mass is 10.2. The molecule has 5 heteroatoms. The molecule has 98 valence electrons. The smallest absolute Gasteiger partial charge is 0.317 e. The van der Waals surface area contributed by atoms with E-state index in [2.05, 4.69) is 5.32 Å². The maximum atomic E-state index is 11.7. The summed E-state index contributed by atoms with van der Waals surface area (Å²) in [6.07, 6.45) is 5.32. The zero-order valence-corrected chi connectivity index (χ0v) is 10.4. The lowest BCUT2D eigenvalue weighted by molar-refractivity contribution is -0.138. The largest absolute Gasteiger partial charge is 0.480 e. The van der Waals surface area contributed by atoms with Crippen LogP contribution in [0, 0.1) is 0 Å². The van der Waals surface area contributed by atoms with Gasteiger partial charge in [0.05, 0.1) is 13.1 Å². The maximum absolute atomic E-state index is 11.7. The Morgan fingerprint density at radius 2 is 1.94 bits per heavy atom. The number of carbonyl (C=O) groups is 2. The molecule has 0 atom stereocenters. The molecular formula is C12H22N2O3. The van der Waals surface area contributed by atoms with Crippen molar-refractivity contribution in [2.45, 2.75) is 45.1 Å². The van der Waals surface area contributed by atoms with Crippen molar-refractivity contribution >= 4 is 11.9 Å². The van der Waals surface area contributed by atoms with Crippen LogP contribution in [0.15, 0.2) is 0 Å². The van der Waals surface area contributed by atoms with Crippen molar-refractivity contribution < 1.29 is 14.7 Å². The number of aliphatic carboxylic acids is 1. The number of nitrogens with zero attached hydrogens (tertiary/aromatic N) is 1. The van der Waals surface area contributed by atoms with Crippen LogP contribution in [0.4, 0.5) is 0 Å². The second kappa shape index (κ2) is 7.27. The molecule has 1 fully saturated rings. The van der Waals surface area contributed by atoms with Gasteiger partial charge in [0.15, 0.2) is 0 Å². The molecule has 5 nitrogen and oxygen atoms in total. The number of amides is 1. The van der Waals surface area contributed by atoms with Crippen LogP contribution in [0.2, 0.25) is 0 Å². The highest BCUT2D eigenvalue weighted by atomic mass is 16.4. The SMILES string of the molecule is CCCN(CC(=O)O)CC(=O)NC1CCCC1. The molecule has 0 bridgehead atoms. The third-order valence-electron chi connectivity index (χ3n) is 2.99. The summed E-state index contributed by atoms with van der Waals surface area (Å²) in [7, 11) is 0. The van der Waals surface area contributed by atoms with E-state index in [1.165, 1.54) is 12.8 Å². The molecule has 0 spiro atoms. The van der Waals surface area contributed by atoms with E-state index in [-0.39, 0.29) is 19.0 Å². The van der Waals surface area contributed by atoms with Gasteiger partial charge in [0.1, 0.15) is 0 Å². The Bertz CT molecular complexity index is 262. The number of carboxylic acids is 1. The molecule has 1 amide bonds. The van der Waals surface area contributed by atoms with Gasteiger partial charge in [-0.1, -0.05) is 19.8 Å². The van der Waals surface area contributed by atoms with Gasteiger partial charge in [-0.2, -0.15) is 0 Å². The molecule has 0 radical (unpaired) electrons. The van der Waals surface area contributed by atoms with E-state index in [4.69, 9.17) is 5.11 Å². The van der Waals surface area contributed by atoms with Crippen LogP contribution in [0.3, 0.4) is 0 Å². The van der Waals surface area contributed by atoms with Crippen LogP contribution in [-0.4, -0.2) is 47.6 Å². The molecule has 0 unspecified atom stereocenters. The first-order valence-corrected chi connectivity index (χ1v) is 6.35. The Kier molecular flexibility index (Phi) is 5.97. The van der Waals surface area contributed by atoms with E-state index >= 15 is 0 Å². The van der Waals surface area contributed by atoms with Gasteiger partial charge in [-0.15, -0.1) is 0 Å². The Morgan fingerprint density at radius 3 is 2.47 bits per heavy atom. The van der Waals surface area contributed by atoms with E-state index in [1.807, 2.05) is 6.92 Å². The van der Waals surface area contributed by atoms with Crippen LogP contribution >= 0.6 is 0 Å². The Morgan fingerprint density at radius 1 is 1.29 bits per heavy atom. The Labute approximate surface area is 102 Å². The van der Waals surface area contributed by atoms with Gasteiger partial charge in [0.2, 0.25) is 5.91 Å². The minimum absolute atomic E-state index is 0.0494. The number of hydrogen-bond acceptors (Lipinski definition) is 3. The minimum Gasteiger partial charge on any atom is -0.480 e. The second-order valence-corrected chi connectivity index (χ2v) is 4.65. The molecule has 1 aliphatic rings. The molecule has 17 heavy (non-hydrogen) atoms. The van der Waals surface area contributed by atoms with Crippen molar-refractivity contribution in [3.8, 4) is 0 Å². The predicted octanol–water partition coefficient (Wildman–Crippen LogP) is 0.842. The van der Waals surface area contributed by atoms with Gasteiger partial charge in [-0.05, 0) is 25.8 Å². The number of rotatable bonds is 7. The second-order valence-electron chi connectivity index (χ2n) is 4.65. The third-order valence-corrected chi connectivity index (χ3v) is 2.99. The van der Waals surface area contributed by atoms with Crippen molar-refractivity contribution in [1.29, 1.82) is 0 Å². The average Bonchev–Trinajstić information content (AvgIpc) is 2.69. The molecule has 0 aromatic rings. The zero-order valence-electron chi connectivity index (χ0n) is 10.4. The molecular weight excluding hydrogens is 220 g/mol. The molecule has 1 rings (SSSR count). The lowest BCUT2D eigenvalue weighted by Gasteiger charge is -2.20. The van der Waals surface area contributed by atoms with E-state index in [0.29, 0.717) is 12.6 Å². The summed E-state index contributed by atoms with van der Waals surface area (Å²) < 4.78 is 0. The first kappa shape index (κ1) is 14.0. The predicted molar refractivity (Wildman–Crippen MR) is 64.8 cm³/mol. The van der Waals surface area contributed by atoms with Gasteiger partial charge in [-0.3, -0.25) is 14.5 Å². The fraction of sp³-hybridized carbons (Fsp3) is 0.833. The Balaban J connectivity index is 2.31. The van der Waals surface area contributed by atoms with Crippen LogP contribution in [0.5, 0.6) is 0 Å². The average molecular weight is 242 g/mol. The summed E-state index contributed by atoms with van der Waals surface area (Å²) in [5.41, 5.74) is 0. The summed E-state index contributed by atoms with van der Waals surface area (Å²) in [6, 6.07) is 0.302. The minimum atomic E-state index is -0.882. The van der Waals surface area contributed by atoms with Crippen molar-refractivity contribution in [3.63, 3.8) is 0 Å². The fourth-order valence-corrected chi connectivity index (χ4v) is 2.27. The first-order chi connectivity index (χ1) is 8.11. The number of carboxylic acid groups (broad SMARTS) is 1.